The average molecular weight is 245 g/mol. The van der Waals surface area contributed by atoms with E-state index < -0.39 is 0 Å². The predicted octanol–water partition coefficient (Wildman–Crippen LogP) is 1.87. The number of nitrogens with zero attached hydrogens (tertiary/aromatic N) is 1. The molecule has 0 unspecified atom stereocenters. The molecule has 1 aliphatic rings. The Bertz CT molecular complexity index is 392. The minimum absolute atomic E-state index is 0.491. The van der Waals surface area contributed by atoms with Crippen molar-refractivity contribution in [2.24, 2.45) is 4.99 Å². The van der Waals surface area contributed by atoms with Crippen LogP contribution in [-0.4, -0.2) is 19.0 Å². The molecule has 0 atom stereocenters. The number of benzene rings is 1. The van der Waals surface area contributed by atoms with Gasteiger partial charge >= 0.3 is 0 Å². The van der Waals surface area contributed by atoms with Crippen molar-refractivity contribution in [3.63, 3.8) is 0 Å². The molecule has 0 amide bonds. The zero-order valence-electron chi connectivity index (χ0n) is 7.85. The van der Waals surface area contributed by atoms with Crippen LogP contribution in [0.1, 0.15) is 0 Å². The largest absolute Gasteiger partial charge is 0.353 e. The number of rotatable bonds is 2. The van der Waals surface area contributed by atoms with Gasteiger partial charge in [0, 0.05) is 6.54 Å². The van der Waals surface area contributed by atoms with Crippen molar-refractivity contribution in [2.75, 3.05) is 18.5 Å². The third-order valence-corrected chi connectivity index (χ3v) is 2.76. The lowest BCUT2D eigenvalue weighted by atomic mass is 10.3. The summed E-state index contributed by atoms with van der Waals surface area (Å²) < 4.78 is 0. The third kappa shape index (κ3) is 2.46. The quantitative estimate of drug-likeness (QED) is 0.697. The van der Waals surface area contributed by atoms with Gasteiger partial charge in [-0.3, -0.25) is 15.8 Å². The molecule has 0 spiro atoms. The molecular weight excluding hydrogens is 235 g/mol. The third-order valence-electron chi connectivity index (χ3n) is 1.94. The Kier molecular flexibility index (Phi) is 3.18. The van der Waals surface area contributed by atoms with Gasteiger partial charge in [-0.05, 0) is 12.1 Å². The Balaban J connectivity index is 2.01. The predicted molar refractivity (Wildman–Crippen MR) is 63.5 cm³/mol. The molecule has 1 aromatic carbocycles. The van der Waals surface area contributed by atoms with E-state index in [1.807, 2.05) is 12.1 Å². The highest BCUT2D eigenvalue weighted by atomic mass is 35.5. The van der Waals surface area contributed by atoms with Gasteiger partial charge in [-0.2, -0.15) is 0 Å². The molecule has 1 aromatic rings. The first kappa shape index (κ1) is 10.4. The van der Waals surface area contributed by atoms with Crippen molar-refractivity contribution in [3.05, 3.63) is 28.2 Å². The lowest BCUT2D eigenvalue weighted by Gasteiger charge is -2.11. The Morgan fingerprint density at radius 1 is 1.27 bits per heavy atom. The monoisotopic (exact) mass is 244 g/mol. The number of hydrogen-bond acceptors (Lipinski definition) is 4. The summed E-state index contributed by atoms with van der Waals surface area (Å²) in [7, 11) is 0. The van der Waals surface area contributed by atoms with E-state index in [0.29, 0.717) is 16.0 Å². The summed E-state index contributed by atoms with van der Waals surface area (Å²) in [6, 6.07) is 5.39. The van der Waals surface area contributed by atoms with Gasteiger partial charge in [-0.15, -0.1) is 0 Å². The molecule has 0 saturated heterocycles. The molecule has 2 rings (SSSR count). The minimum atomic E-state index is 0.491. The van der Waals surface area contributed by atoms with Crippen molar-refractivity contribution in [1.82, 2.24) is 10.7 Å². The Labute approximate surface area is 97.6 Å². The number of halogens is 2. The molecule has 0 bridgehead atoms. The highest BCUT2D eigenvalue weighted by Gasteiger charge is 2.06. The summed E-state index contributed by atoms with van der Waals surface area (Å²) in [6.45, 7) is 1.64. The van der Waals surface area contributed by atoms with E-state index >= 15 is 0 Å². The molecule has 4 nitrogen and oxygen atoms in total. The van der Waals surface area contributed by atoms with Crippen LogP contribution >= 0.6 is 23.2 Å². The van der Waals surface area contributed by atoms with E-state index in [1.54, 1.807) is 6.07 Å². The SMILES string of the molecule is Clc1cccc(NNC2=NCCN2)c1Cl. The van der Waals surface area contributed by atoms with Gasteiger partial charge in [-0.1, -0.05) is 29.3 Å². The van der Waals surface area contributed by atoms with E-state index in [4.69, 9.17) is 23.2 Å². The summed E-state index contributed by atoms with van der Waals surface area (Å²) in [4.78, 5) is 4.16. The van der Waals surface area contributed by atoms with Crippen LogP contribution in [-0.2, 0) is 0 Å². The fourth-order valence-electron chi connectivity index (χ4n) is 1.21. The molecule has 0 saturated carbocycles. The molecule has 3 N–H and O–H groups in total. The zero-order chi connectivity index (χ0) is 10.7. The van der Waals surface area contributed by atoms with Gasteiger partial charge in [0.25, 0.3) is 0 Å². The summed E-state index contributed by atoms with van der Waals surface area (Å²) in [5, 5.41) is 4.07. The maximum atomic E-state index is 5.98. The second-order valence-electron chi connectivity index (χ2n) is 3.01. The van der Waals surface area contributed by atoms with Crippen molar-refractivity contribution in [1.29, 1.82) is 0 Å². The van der Waals surface area contributed by atoms with Crippen LogP contribution in [0, 0.1) is 0 Å². The summed E-state index contributed by atoms with van der Waals surface area (Å²) in [6.07, 6.45) is 0. The summed E-state index contributed by atoms with van der Waals surface area (Å²) in [5.41, 5.74) is 6.57. The fourth-order valence-corrected chi connectivity index (χ4v) is 1.56. The van der Waals surface area contributed by atoms with Crippen LogP contribution < -0.4 is 16.2 Å². The smallest absolute Gasteiger partial charge is 0.210 e. The Hall–Kier alpha value is -1.13. The van der Waals surface area contributed by atoms with Crippen LogP contribution in [0.2, 0.25) is 10.0 Å². The van der Waals surface area contributed by atoms with Crippen LogP contribution in [0.4, 0.5) is 5.69 Å². The molecular formula is C9H10Cl2N4. The molecule has 15 heavy (non-hydrogen) atoms. The van der Waals surface area contributed by atoms with Crippen molar-refractivity contribution in [2.45, 2.75) is 0 Å². The van der Waals surface area contributed by atoms with Crippen molar-refractivity contribution in [3.8, 4) is 0 Å². The summed E-state index contributed by atoms with van der Waals surface area (Å²) in [5.74, 6) is 0.714. The van der Waals surface area contributed by atoms with Gasteiger partial charge in [0.05, 0.1) is 22.3 Å². The van der Waals surface area contributed by atoms with Crippen molar-refractivity contribution < 1.29 is 0 Å². The maximum absolute atomic E-state index is 5.98. The first-order valence-corrected chi connectivity index (χ1v) is 5.27. The van der Waals surface area contributed by atoms with E-state index in [9.17, 15) is 0 Å². The molecule has 80 valence electrons. The van der Waals surface area contributed by atoms with Gasteiger partial charge < -0.3 is 5.32 Å². The molecule has 1 heterocycles. The normalized spacial score (nSPS) is 14.4. The maximum Gasteiger partial charge on any atom is 0.210 e. The fraction of sp³-hybridized carbons (Fsp3) is 0.222. The molecule has 0 aromatic heterocycles. The Morgan fingerprint density at radius 3 is 2.87 bits per heavy atom. The highest BCUT2D eigenvalue weighted by Crippen LogP contribution is 2.28. The van der Waals surface area contributed by atoms with Crippen LogP contribution in [0.25, 0.3) is 0 Å². The van der Waals surface area contributed by atoms with E-state index in [0.717, 1.165) is 18.8 Å². The number of anilines is 1. The highest BCUT2D eigenvalue weighted by molar-refractivity contribution is 6.43. The molecule has 6 heteroatoms. The molecule has 0 radical (unpaired) electrons. The lowest BCUT2D eigenvalue weighted by Crippen LogP contribution is -2.37. The average Bonchev–Trinajstić information content (AvgIpc) is 2.73. The van der Waals surface area contributed by atoms with Crippen molar-refractivity contribution >= 4 is 34.8 Å². The first-order chi connectivity index (χ1) is 7.27. The number of nitrogens with one attached hydrogen (secondary N) is 3. The summed E-state index contributed by atoms with van der Waals surface area (Å²) >= 11 is 11.8. The number of guanidine groups is 1. The minimum Gasteiger partial charge on any atom is -0.353 e. The zero-order valence-corrected chi connectivity index (χ0v) is 9.36. The van der Waals surface area contributed by atoms with Gasteiger partial charge in [0.1, 0.15) is 0 Å². The second-order valence-corrected chi connectivity index (χ2v) is 3.79. The van der Waals surface area contributed by atoms with Crippen LogP contribution in [0.3, 0.4) is 0 Å². The van der Waals surface area contributed by atoms with E-state index in [-0.39, 0.29) is 0 Å². The molecule has 1 aliphatic heterocycles. The van der Waals surface area contributed by atoms with E-state index in [1.165, 1.54) is 0 Å². The lowest BCUT2D eigenvalue weighted by molar-refractivity contribution is 0.937. The first-order valence-electron chi connectivity index (χ1n) is 4.52. The number of hydrogen-bond donors (Lipinski definition) is 3. The van der Waals surface area contributed by atoms with Gasteiger partial charge in [0.2, 0.25) is 5.96 Å². The topological polar surface area (TPSA) is 48.5 Å². The van der Waals surface area contributed by atoms with Gasteiger partial charge in [-0.25, -0.2) is 0 Å². The number of hydrazine groups is 1. The van der Waals surface area contributed by atoms with Gasteiger partial charge in [0.15, 0.2) is 0 Å². The molecule has 0 aliphatic carbocycles. The number of aliphatic imine (C=N–C) groups is 1. The second kappa shape index (κ2) is 4.59. The molecule has 0 fully saturated rings. The van der Waals surface area contributed by atoms with Crippen LogP contribution in [0.5, 0.6) is 0 Å². The standard InChI is InChI=1S/C9H10Cl2N4/c10-6-2-1-3-7(8(6)11)14-15-9-12-4-5-13-9/h1-3,14H,4-5H2,(H2,12,13,15). The Morgan fingerprint density at radius 2 is 2.13 bits per heavy atom. The van der Waals surface area contributed by atoms with E-state index in [2.05, 4.69) is 21.2 Å². The van der Waals surface area contributed by atoms with Crippen LogP contribution in [0.15, 0.2) is 23.2 Å².